The van der Waals surface area contributed by atoms with E-state index in [1.54, 1.807) is 0 Å². The first-order valence-electron chi connectivity index (χ1n) is 12.6. The van der Waals surface area contributed by atoms with Crippen molar-refractivity contribution in [2.24, 2.45) is 0 Å². The van der Waals surface area contributed by atoms with Crippen molar-refractivity contribution in [2.45, 2.75) is 31.2 Å². The quantitative estimate of drug-likeness (QED) is 0.275. The van der Waals surface area contributed by atoms with Crippen LogP contribution in [0.25, 0.3) is 11.1 Å². The Balaban J connectivity index is 1.46. The fourth-order valence-electron chi connectivity index (χ4n) is 5.32. The molecule has 2 atom stereocenters. The van der Waals surface area contributed by atoms with Gasteiger partial charge in [-0.15, -0.1) is 0 Å². The topological polar surface area (TPSA) is 51.2 Å². The molecule has 1 unspecified atom stereocenters. The molecule has 0 spiro atoms. The number of hydrogen-bond donors (Lipinski definition) is 1. The molecule has 182 valence electrons. The van der Waals surface area contributed by atoms with Crippen molar-refractivity contribution in [3.05, 3.63) is 125 Å². The molecule has 4 aromatic rings. The molecule has 6 rings (SSSR count). The molecule has 1 aliphatic carbocycles. The number of aliphatic hydroxyl groups is 1. The third-order valence-corrected chi connectivity index (χ3v) is 7.26. The molecule has 4 aromatic carbocycles. The van der Waals surface area contributed by atoms with Gasteiger partial charge in [-0.1, -0.05) is 84.9 Å². The number of rotatable bonds is 9. The molecule has 1 heterocycles. The predicted molar refractivity (Wildman–Crippen MR) is 140 cm³/mol. The molecule has 0 amide bonds. The average molecular weight is 479 g/mol. The minimum Gasteiger partial charge on any atom is -0.491 e. The van der Waals surface area contributed by atoms with E-state index in [1.165, 1.54) is 33.4 Å². The van der Waals surface area contributed by atoms with E-state index in [2.05, 4.69) is 97.1 Å². The zero-order valence-electron chi connectivity index (χ0n) is 20.4. The van der Waals surface area contributed by atoms with Gasteiger partial charge in [0.15, 0.2) is 0 Å². The summed E-state index contributed by atoms with van der Waals surface area (Å²) in [4.78, 5) is 0. The van der Waals surface area contributed by atoms with Crippen LogP contribution in [-0.4, -0.2) is 37.1 Å². The van der Waals surface area contributed by atoms with Gasteiger partial charge in [-0.3, -0.25) is 0 Å². The van der Waals surface area contributed by atoms with Crippen LogP contribution in [0.15, 0.2) is 97.1 Å². The molecule has 2 aliphatic rings. The largest absolute Gasteiger partial charge is 0.491 e. The number of aliphatic hydroxyl groups excluding tert-OH is 1. The Hall–Kier alpha value is -3.44. The molecule has 1 fully saturated rings. The molecule has 0 radical (unpaired) electrons. The lowest BCUT2D eigenvalue weighted by molar-refractivity contribution is 0.0144. The second kappa shape index (κ2) is 9.55. The maximum absolute atomic E-state index is 9.29. The van der Waals surface area contributed by atoms with Crippen LogP contribution >= 0.6 is 0 Å². The lowest BCUT2D eigenvalue weighted by Crippen LogP contribution is -2.28. The normalized spacial score (nSPS) is 17.8. The molecule has 1 aliphatic heterocycles. The van der Waals surface area contributed by atoms with Crippen molar-refractivity contribution in [1.82, 2.24) is 0 Å². The highest BCUT2D eigenvalue weighted by Gasteiger charge is 2.45. The van der Waals surface area contributed by atoms with Crippen molar-refractivity contribution in [3.63, 3.8) is 0 Å². The van der Waals surface area contributed by atoms with Crippen LogP contribution in [0, 0.1) is 0 Å². The van der Waals surface area contributed by atoms with Gasteiger partial charge in [0.25, 0.3) is 0 Å². The van der Waals surface area contributed by atoms with E-state index in [0.717, 1.165) is 17.9 Å². The monoisotopic (exact) mass is 478 g/mol. The van der Waals surface area contributed by atoms with Gasteiger partial charge < -0.3 is 19.3 Å². The average Bonchev–Trinajstić information content (AvgIpc) is 3.73. The van der Waals surface area contributed by atoms with Crippen LogP contribution < -0.4 is 4.74 Å². The Morgan fingerprint density at radius 3 is 1.94 bits per heavy atom. The summed E-state index contributed by atoms with van der Waals surface area (Å²) in [5.74, 6) is 0.856. The van der Waals surface area contributed by atoms with Crippen molar-refractivity contribution < 1.29 is 19.3 Å². The molecule has 4 nitrogen and oxygen atoms in total. The Labute approximate surface area is 212 Å². The van der Waals surface area contributed by atoms with Crippen LogP contribution in [0.2, 0.25) is 0 Å². The number of fused-ring (bicyclic) bond motifs is 3. The smallest absolute Gasteiger partial charge is 0.119 e. The van der Waals surface area contributed by atoms with Crippen LogP contribution in [0.3, 0.4) is 0 Å². The van der Waals surface area contributed by atoms with E-state index in [0.29, 0.717) is 13.2 Å². The first kappa shape index (κ1) is 23.0. The molecule has 0 aromatic heterocycles. The predicted octanol–water partition coefficient (Wildman–Crippen LogP) is 5.72. The molecule has 36 heavy (non-hydrogen) atoms. The van der Waals surface area contributed by atoms with E-state index in [1.807, 2.05) is 6.92 Å². The zero-order chi connectivity index (χ0) is 24.5. The van der Waals surface area contributed by atoms with Crippen molar-refractivity contribution >= 4 is 0 Å². The summed E-state index contributed by atoms with van der Waals surface area (Å²) >= 11 is 0. The van der Waals surface area contributed by atoms with Gasteiger partial charge in [0.1, 0.15) is 18.5 Å². The Kier molecular flexibility index (Phi) is 6.10. The summed E-state index contributed by atoms with van der Waals surface area (Å²) in [5.41, 5.74) is 8.15. The van der Waals surface area contributed by atoms with E-state index >= 15 is 0 Å². The first-order chi connectivity index (χ1) is 17.7. The Morgan fingerprint density at radius 2 is 1.39 bits per heavy atom. The van der Waals surface area contributed by atoms with Gasteiger partial charge in [-0.25, -0.2) is 0 Å². The van der Waals surface area contributed by atoms with E-state index in [4.69, 9.17) is 14.2 Å². The van der Waals surface area contributed by atoms with Gasteiger partial charge in [0.2, 0.25) is 0 Å². The Morgan fingerprint density at radius 1 is 0.833 bits per heavy atom. The molecular weight excluding hydrogens is 448 g/mol. The summed E-state index contributed by atoms with van der Waals surface area (Å²) in [6.45, 7) is 3.74. The highest BCUT2D eigenvalue weighted by atomic mass is 16.6. The minimum absolute atomic E-state index is 0.0160. The van der Waals surface area contributed by atoms with Crippen molar-refractivity contribution in [2.75, 3.05) is 19.8 Å². The van der Waals surface area contributed by atoms with Gasteiger partial charge in [0.05, 0.1) is 31.3 Å². The molecule has 1 saturated heterocycles. The van der Waals surface area contributed by atoms with Crippen molar-refractivity contribution in [3.8, 4) is 16.9 Å². The number of ether oxygens (including phenoxy) is 3. The summed E-state index contributed by atoms with van der Waals surface area (Å²) < 4.78 is 17.0. The molecule has 1 N–H and O–H groups in total. The minimum atomic E-state index is -0.441. The maximum atomic E-state index is 9.29. The van der Waals surface area contributed by atoms with Crippen molar-refractivity contribution in [1.29, 1.82) is 0 Å². The van der Waals surface area contributed by atoms with Gasteiger partial charge in [-0.05, 0) is 58.0 Å². The second-order valence-electron chi connectivity index (χ2n) is 9.63. The highest BCUT2D eigenvalue weighted by molar-refractivity contribution is 5.86. The lowest BCUT2D eigenvalue weighted by Gasteiger charge is -2.34. The molecular formula is C32H30O4. The van der Waals surface area contributed by atoms with E-state index < -0.39 is 5.41 Å². The van der Waals surface area contributed by atoms with Crippen LogP contribution in [0.1, 0.15) is 34.7 Å². The van der Waals surface area contributed by atoms with Crippen LogP contribution in [0.4, 0.5) is 0 Å². The number of hydrogen-bond acceptors (Lipinski definition) is 4. The summed E-state index contributed by atoms with van der Waals surface area (Å²) in [5, 5.41) is 9.29. The summed E-state index contributed by atoms with van der Waals surface area (Å²) in [6.07, 6.45) is 0.0456. The second-order valence-corrected chi connectivity index (χ2v) is 9.63. The molecule has 0 bridgehead atoms. The number of benzene rings is 4. The zero-order valence-corrected chi connectivity index (χ0v) is 20.4. The van der Waals surface area contributed by atoms with Gasteiger partial charge in [0, 0.05) is 0 Å². The standard InChI is InChI=1S/C32H30O4/c1-22(18-33)34-19-23-10-12-24(13-11-23)32(25-14-16-26(17-15-25)35-20-27-21-36-27)30-8-4-2-6-28(30)29-7-3-5-9-31(29)32/h2-17,22,27,33H,18-21H2,1H3/t22-,27?/m1/s1. The Bertz CT molecular complexity index is 1290. The molecule has 0 saturated carbocycles. The maximum Gasteiger partial charge on any atom is 0.119 e. The van der Waals surface area contributed by atoms with E-state index in [9.17, 15) is 5.11 Å². The molecule has 4 heteroatoms. The third kappa shape index (κ3) is 4.01. The van der Waals surface area contributed by atoms with E-state index in [-0.39, 0.29) is 18.8 Å². The summed E-state index contributed by atoms with van der Waals surface area (Å²) in [7, 11) is 0. The third-order valence-electron chi connectivity index (χ3n) is 7.26. The fraction of sp³-hybridized carbons (Fsp3) is 0.250. The lowest BCUT2D eigenvalue weighted by atomic mass is 9.67. The SMILES string of the molecule is C[C@H](CO)OCc1ccc(C2(c3ccc(OCC4CO4)cc3)c3ccccc3-c3ccccc32)cc1. The van der Waals surface area contributed by atoms with Gasteiger partial charge >= 0.3 is 0 Å². The van der Waals surface area contributed by atoms with Gasteiger partial charge in [-0.2, -0.15) is 0 Å². The summed E-state index contributed by atoms with van der Waals surface area (Å²) in [6, 6.07) is 34.7. The number of epoxide rings is 1. The van der Waals surface area contributed by atoms with Crippen LogP contribution in [-0.2, 0) is 21.5 Å². The first-order valence-corrected chi connectivity index (χ1v) is 12.6. The fourth-order valence-corrected chi connectivity index (χ4v) is 5.32. The van der Waals surface area contributed by atoms with Crippen LogP contribution in [0.5, 0.6) is 5.75 Å². The highest BCUT2D eigenvalue weighted by Crippen LogP contribution is 2.56.